The Bertz CT molecular complexity index is 2300. The van der Waals surface area contributed by atoms with Gasteiger partial charge in [-0.1, -0.05) is 25.1 Å². The van der Waals surface area contributed by atoms with Crippen LogP contribution in [-0.2, 0) is 24.4 Å². The lowest BCUT2D eigenvalue weighted by Crippen LogP contribution is -2.62. The first-order chi connectivity index (χ1) is 28.4. The quantitative estimate of drug-likeness (QED) is 0.156. The van der Waals surface area contributed by atoms with Crippen molar-refractivity contribution in [2.24, 2.45) is 5.92 Å². The van der Waals surface area contributed by atoms with Gasteiger partial charge in [-0.05, 0) is 93.4 Å². The maximum atomic E-state index is 16.0. The van der Waals surface area contributed by atoms with Gasteiger partial charge in [0.2, 0.25) is 33.7 Å². The number of carbonyl (C=O) groups excluding carboxylic acids is 3. The van der Waals surface area contributed by atoms with E-state index in [9.17, 15) is 22.8 Å². The molecule has 4 aromatic rings. The summed E-state index contributed by atoms with van der Waals surface area (Å²) in [5.74, 6) is -0.730. The van der Waals surface area contributed by atoms with Gasteiger partial charge in [0, 0.05) is 68.4 Å². The van der Waals surface area contributed by atoms with Crippen molar-refractivity contribution in [1.29, 1.82) is 0 Å². The lowest BCUT2D eigenvalue weighted by molar-refractivity contribution is -0.140. The monoisotopic (exact) mass is 843 g/mol. The maximum Gasteiger partial charge on any atom is 0.234 e. The standard InChI is InChI=1S/C42H50FN9O5S2/c1-2-22-59(56,57)49-33-5-3-4-32(37(33)43)38-39(34-12-17-45-42(44)46-34)58-41(48-38)28-15-20-51(21-16-28)30-24-52(25-30)36(54)23-26-13-18-50(19-14-26)29-8-6-27(7-9-29)31-10-11-35(53)47-40(31)55/h3-9,12,17,26,28,30-31,49H,2,10-11,13-16,18-25H2,1H3,(H2,44,45,46)(H,47,53,55)/t31-/m0/s1. The van der Waals surface area contributed by atoms with Crippen LogP contribution in [0.25, 0.3) is 21.8 Å². The van der Waals surface area contributed by atoms with Crippen LogP contribution in [0, 0.1) is 11.7 Å². The molecule has 0 unspecified atom stereocenters. The molecule has 4 aliphatic rings. The van der Waals surface area contributed by atoms with Gasteiger partial charge >= 0.3 is 0 Å². The molecule has 0 bridgehead atoms. The molecule has 312 valence electrons. The number of hydrogen-bond donors (Lipinski definition) is 3. The van der Waals surface area contributed by atoms with E-state index in [0.29, 0.717) is 53.9 Å². The number of halogens is 1. The number of piperidine rings is 3. The van der Waals surface area contributed by atoms with E-state index >= 15 is 4.39 Å². The molecule has 6 heterocycles. The highest BCUT2D eigenvalue weighted by molar-refractivity contribution is 7.92. The second-order valence-electron chi connectivity index (χ2n) is 16.1. The first kappa shape index (κ1) is 40.8. The van der Waals surface area contributed by atoms with Gasteiger partial charge in [0.15, 0.2) is 5.82 Å². The van der Waals surface area contributed by atoms with Crippen molar-refractivity contribution in [3.8, 4) is 21.8 Å². The second kappa shape index (κ2) is 17.3. The summed E-state index contributed by atoms with van der Waals surface area (Å²) in [4.78, 5) is 58.0. The van der Waals surface area contributed by atoms with E-state index in [0.717, 1.165) is 81.2 Å². The summed E-state index contributed by atoms with van der Waals surface area (Å²) in [6, 6.07) is 14.8. The fourth-order valence-electron chi connectivity index (χ4n) is 8.75. The number of nitrogens with two attached hydrogens (primary N) is 1. The molecule has 1 atom stereocenters. The molecule has 2 aromatic carbocycles. The number of rotatable bonds is 12. The van der Waals surface area contributed by atoms with Gasteiger partial charge < -0.3 is 15.5 Å². The largest absolute Gasteiger partial charge is 0.372 e. The van der Waals surface area contributed by atoms with Gasteiger partial charge in [0.1, 0.15) is 0 Å². The number of amides is 3. The highest BCUT2D eigenvalue weighted by Gasteiger charge is 2.38. The van der Waals surface area contributed by atoms with Crippen LogP contribution in [0.2, 0.25) is 0 Å². The zero-order valence-corrected chi connectivity index (χ0v) is 34.7. The van der Waals surface area contributed by atoms with Gasteiger partial charge in [-0.3, -0.25) is 29.3 Å². The molecule has 14 nitrogen and oxygen atoms in total. The molecule has 0 aliphatic carbocycles. The van der Waals surface area contributed by atoms with Crippen molar-refractivity contribution in [3.63, 3.8) is 0 Å². The highest BCUT2D eigenvalue weighted by atomic mass is 32.2. The van der Waals surface area contributed by atoms with Gasteiger partial charge in [-0.25, -0.2) is 27.8 Å². The maximum absolute atomic E-state index is 16.0. The van der Waals surface area contributed by atoms with Crippen molar-refractivity contribution in [2.45, 2.75) is 76.2 Å². The Morgan fingerprint density at radius 1 is 0.983 bits per heavy atom. The molecule has 59 heavy (non-hydrogen) atoms. The van der Waals surface area contributed by atoms with E-state index in [-0.39, 0.29) is 52.5 Å². The third-order valence-corrected chi connectivity index (χ3v) is 14.8. The number of carbonyl (C=O) groups is 3. The van der Waals surface area contributed by atoms with Gasteiger partial charge in [0.05, 0.1) is 38.6 Å². The molecular weight excluding hydrogens is 794 g/mol. The zero-order valence-electron chi connectivity index (χ0n) is 33.1. The Morgan fingerprint density at radius 2 is 1.73 bits per heavy atom. The molecule has 4 N–H and O–H groups in total. The van der Waals surface area contributed by atoms with Crippen molar-refractivity contribution in [3.05, 3.63) is 71.1 Å². The number of benzene rings is 2. The van der Waals surface area contributed by atoms with Crippen LogP contribution in [0.4, 0.5) is 21.7 Å². The van der Waals surface area contributed by atoms with Crippen LogP contribution < -0.4 is 20.7 Å². The summed E-state index contributed by atoms with van der Waals surface area (Å²) < 4.78 is 43.5. The van der Waals surface area contributed by atoms with Crippen LogP contribution in [0.15, 0.2) is 54.7 Å². The summed E-state index contributed by atoms with van der Waals surface area (Å²) in [5, 5.41) is 3.30. The number of nitrogens with one attached hydrogen (secondary N) is 2. The van der Waals surface area contributed by atoms with Gasteiger partial charge in [-0.2, -0.15) is 0 Å². The van der Waals surface area contributed by atoms with Gasteiger partial charge in [0.25, 0.3) is 0 Å². The van der Waals surface area contributed by atoms with Crippen LogP contribution >= 0.6 is 11.3 Å². The first-order valence-corrected chi connectivity index (χ1v) is 23.0. The fourth-order valence-corrected chi connectivity index (χ4v) is 11.1. The third kappa shape index (κ3) is 9.11. The summed E-state index contributed by atoms with van der Waals surface area (Å²) in [6.45, 7) is 6.70. The Hall–Kier alpha value is -5.00. The normalized spacial score (nSPS) is 20.1. The van der Waals surface area contributed by atoms with E-state index < -0.39 is 15.8 Å². The van der Waals surface area contributed by atoms with Crippen LogP contribution in [0.5, 0.6) is 0 Å². The molecule has 2 aromatic heterocycles. The molecular formula is C42H50FN9O5S2. The average Bonchev–Trinajstić information content (AvgIpc) is 3.64. The Kier molecular flexibility index (Phi) is 12.0. The van der Waals surface area contributed by atoms with Gasteiger partial charge in [-0.15, -0.1) is 11.3 Å². The summed E-state index contributed by atoms with van der Waals surface area (Å²) >= 11 is 1.45. The lowest BCUT2D eigenvalue weighted by atomic mass is 9.89. The Morgan fingerprint density at radius 3 is 2.42 bits per heavy atom. The van der Waals surface area contributed by atoms with E-state index in [1.807, 2.05) is 17.0 Å². The van der Waals surface area contributed by atoms with E-state index in [2.05, 4.69) is 41.9 Å². The lowest BCUT2D eigenvalue weighted by Gasteiger charge is -2.48. The molecule has 3 amide bonds. The smallest absolute Gasteiger partial charge is 0.234 e. The number of nitrogens with zero attached hydrogens (tertiary/aromatic N) is 6. The molecule has 0 radical (unpaired) electrons. The topological polar surface area (TPSA) is 184 Å². The van der Waals surface area contributed by atoms with Crippen LogP contribution in [0.3, 0.4) is 0 Å². The van der Waals surface area contributed by atoms with Crippen LogP contribution in [-0.4, -0.2) is 102 Å². The van der Waals surface area contributed by atoms with Crippen molar-refractivity contribution in [1.82, 2.24) is 30.1 Å². The molecule has 0 saturated carbocycles. The first-order valence-electron chi connectivity index (χ1n) is 20.5. The van der Waals surface area contributed by atoms with E-state index in [1.54, 1.807) is 31.3 Å². The molecule has 4 fully saturated rings. The number of sulfonamides is 1. The Balaban J connectivity index is 0.835. The molecule has 4 saturated heterocycles. The minimum atomic E-state index is -3.71. The minimum Gasteiger partial charge on any atom is -0.372 e. The number of likely N-dealkylation sites (tertiary alicyclic amines) is 2. The number of imide groups is 1. The molecule has 0 spiro atoms. The summed E-state index contributed by atoms with van der Waals surface area (Å²) in [6.07, 6.45) is 7.04. The number of aromatic nitrogens is 3. The van der Waals surface area contributed by atoms with Crippen molar-refractivity contribution in [2.75, 3.05) is 60.4 Å². The van der Waals surface area contributed by atoms with Crippen molar-refractivity contribution < 1.29 is 27.2 Å². The predicted molar refractivity (Wildman–Crippen MR) is 226 cm³/mol. The number of nitrogen functional groups attached to an aromatic ring is 1. The fraction of sp³-hybridized carbons (Fsp3) is 0.476. The SMILES string of the molecule is CCCS(=O)(=O)Nc1cccc(-c2nc(C3CCN(C4CN(C(=O)CC5CCN(c6ccc([C@@H]7CCC(=O)NC7=O)cc6)CC5)C4)CC3)sc2-c2ccnc(N)n2)c1F. The summed E-state index contributed by atoms with van der Waals surface area (Å²) in [5.41, 5.74) is 8.94. The zero-order chi connectivity index (χ0) is 41.3. The Labute approximate surface area is 347 Å². The number of thiazole rings is 1. The van der Waals surface area contributed by atoms with E-state index in [4.69, 9.17) is 10.7 Å². The molecule has 17 heteroatoms. The minimum absolute atomic E-state index is 0.0874. The second-order valence-corrected chi connectivity index (χ2v) is 19.0. The van der Waals surface area contributed by atoms with Crippen molar-refractivity contribution >= 4 is 56.4 Å². The average molecular weight is 844 g/mol. The molecule has 8 rings (SSSR count). The van der Waals surface area contributed by atoms with E-state index in [1.165, 1.54) is 17.4 Å². The predicted octanol–water partition coefficient (Wildman–Crippen LogP) is 5.36. The number of anilines is 3. The summed E-state index contributed by atoms with van der Waals surface area (Å²) in [7, 11) is -3.71. The third-order valence-electron chi connectivity index (χ3n) is 12.1. The van der Waals surface area contributed by atoms with Crippen LogP contribution in [0.1, 0.15) is 80.7 Å². The highest BCUT2D eigenvalue weighted by Crippen LogP contribution is 2.43. The number of hydrogen-bond acceptors (Lipinski definition) is 12. The molecule has 4 aliphatic heterocycles.